The van der Waals surface area contributed by atoms with E-state index in [1.807, 2.05) is 30.3 Å². The van der Waals surface area contributed by atoms with Gasteiger partial charge in [0.1, 0.15) is 0 Å². The van der Waals surface area contributed by atoms with Crippen molar-refractivity contribution in [2.45, 2.75) is 63.0 Å². The first-order chi connectivity index (χ1) is 18.4. The highest BCUT2D eigenvalue weighted by atomic mass is 19.4. The molecule has 2 saturated heterocycles. The molecule has 2 aliphatic heterocycles. The van der Waals surface area contributed by atoms with Gasteiger partial charge >= 0.3 is 12.4 Å². The van der Waals surface area contributed by atoms with Crippen molar-refractivity contribution in [1.82, 2.24) is 15.1 Å². The van der Waals surface area contributed by atoms with Gasteiger partial charge in [0.15, 0.2) is 0 Å². The molecule has 0 aliphatic carbocycles. The molecule has 2 fully saturated rings. The minimum absolute atomic E-state index is 0.0189. The van der Waals surface area contributed by atoms with Crippen molar-refractivity contribution in [2.24, 2.45) is 0 Å². The van der Waals surface area contributed by atoms with E-state index >= 15 is 0 Å². The maximum atomic E-state index is 13.6. The summed E-state index contributed by atoms with van der Waals surface area (Å²) in [6, 6.07) is 9.17. The Kier molecular flexibility index (Phi) is 8.88. The number of amides is 2. The summed E-state index contributed by atoms with van der Waals surface area (Å²) in [6.45, 7) is 1.58. The number of likely N-dealkylation sites (tertiary alicyclic amines) is 2. The Morgan fingerprint density at radius 3 is 2.03 bits per heavy atom. The average molecular weight is 556 g/mol. The standard InChI is InChI=1S/C28H31F6N3O2/c29-27(30,31)21-15-20(16-22(17-21)28(32,33)34)26(39)37-13-7-10-23(24(37)14-19-8-3-1-4-9-19)35-18-25(38)36-11-5-2-6-12-36/h1,3-4,8-9,15-17,23-24,35H,2,5-7,10-14,18H2. The summed E-state index contributed by atoms with van der Waals surface area (Å²) >= 11 is 0. The first kappa shape index (κ1) is 28.9. The normalized spacial score (nSPS) is 20.7. The van der Waals surface area contributed by atoms with Crippen LogP contribution in [0.25, 0.3) is 0 Å². The molecule has 2 aromatic carbocycles. The fraction of sp³-hybridized carbons (Fsp3) is 0.500. The minimum Gasteiger partial charge on any atom is -0.342 e. The maximum absolute atomic E-state index is 13.6. The largest absolute Gasteiger partial charge is 0.416 e. The van der Waals surface area contributed by atoms with Crippen LogP contribution in [0.5, 0.6) is 0 Å². The van der Waals surface area contributed by atoms with E-state index in [1.165, 1.54) is 4.90 Å². The second-order valence-electron chi connectivity index (χ2n) is 10.1. The summed E-state index contributed by atoms with van der Waals surface area (Å²) in [5.74, 6) is -0.967. The Labute approximate surface area is 223 Å². The lowest BCUT2D eigenvalue weighted by atomic mass is 9.89. The number of nitrogens with zero attached hydrogens (tertiary/aromatic N) is 2. The monoisotopic (exact) mass is 555 g/mol. The molecule has 2 atom stereocenters. The molecule has 0 aromatic heterocycles. The molecule has 2 heterocycles. The highest BCUT2D eigenvalue weighted by Crippen LogP contribution is 2.37. The molecule has 0 radical (unpaired) electrons. The predicted octanol–water partition coefficient (Wildman–Crippen LogP) is 5.54. The molecule has 2 amide bonds. The number of rotatable bonds is 6. The van der Waals surface area contributed by atoms with Gasteiger partial charge in [-0.05, 0) is 62.3 Å². The molecule has 2 unspecified atom stereocenters. The van der Waals surface area contributed by atoms with E-state index in [2.05, 4.69) is 5.32 Å². The second-order valence-corrected chi connectivity index (χ2v) is 10.1. The third-order valence-electron chi connectivity index (χ3n) is 7.39. The van der Waals surface area contributed by atoms with Gasteiger partial charge < -0.3 is 15.1 Å². The summed E-state index contributed by atoms with van der Waals surface area (Å²) in [5, 5.41) is 3.25. The number of alkyl halides is 6. The zero-order valence-corrected chi connectivity index (χ0v) is 21.3. The Hall–Kier alpha value is -3.08. The molecule has 1 N–H and O–H groups in total. The van der Waals surface area contributed by atoms with Crippen molar-refractivity contribution in [3.8, 4) is 0 Å². The number of carbonyl (C=O) groups excluding carboxylic acids is 2. The van der Waals surface area contributed by atoms with Crippen molar-refractivity contribution in [1.29, 1.82) is 0 Å². The van der Waals surface area contributed by atoms with Crippen LogP contribution in [0.1, 0.15) is 59.2 Å². The van der Waals surface area contributed by atoms with E-state index in [-0.39, 0.29) is 31.1 Å². The van der Waals surface area contributed by atoms with Crippen LogP contribution in [0.15, 0.2) is 48.5 Å². The summed E-state index contributed by atoms with van der Waals surface area (Å²) in [7, 11) is 0. The molecule has 39 heavy (non-hydrogen) atoms. The zero-order chi connectivity index (χ0) is 28.2. The van der Waals surface area contributed by atoms with Gasteiger partial charge in [0, 0.05) is 31.2 Å². The van der Waals surface area contributed by atoms with Crippen LogP contribution in [-0.2, 0) is 23.6 Å². The van der Waals surface area contributed by atoms with E-state index in [1.54, 1.807) is 4.90 Å². The van der Waals surface area contributed by atoms with Crippen LogP contribution in [0.2, 0.25) is 0 Å². The van der Waals surface area contributed by atoms with Crippen molar-refractivity contribution in [3.63, 3.8) is 0 Å². The van der Waals surface area contributed by atoms with Crippen molar-refractivity contribution < 1.29 is 35.9 Å². The minimum atomic E-state index is -5.06. The van der Waals surface area contributed by atoms with Crippen LogP contribution >= 0.6 is 0 Å². The smallest absolute Gasteiger partial charge is 0.342 e. The van der Waals surface area contributed by atoms with Gasteiger partial charge in [0.2, 0.25) is 5.91 Å². The van der Waals surface area contributed by atoms with Crippen molar-refractivity contribution in [2.75, 3.05) is 26.2 Å². The first-order valence-electron chi connectivity index (χ1n) is 13.1. The number of hydrogen-bond donors (Lipinski definition) is 1. The molecule has 5 nitrogen and oxygen atoms in total. The topological polar surface area (TPSA) is 52.7 Å². The molecule has 4 rings (SSSR count). The Bertz CT molecular complexity index is 1110. The molecule has 11 heteroatoms. The fourth-order valence-corrected chi connectivity index (χ4v) is 5.37. The van der Waals surface area contributed by atoms with Gasteiger partial charge in [0.05, 0.1) is 23.7 Å². The molecule has 0 saturated carbocycles. The summed E-state index contributed by atoms with van der Waals surface area (Å²) in [5.41, 5.74) is -2.87. The molecule has 0 spiro atoms. The quantitative estimate of drug-likeness (QED) is 0.477. The second kappa shape index (κ2) is 12.0. The van der Waals surface area contributed by atoms with Gasteiger partial charge in [-0.25, -0.2) is 0 Å². The third kappa shape index (κ3) is 7.32. The average Bonchev–Trinajstić information content (AvgIpc) is 2.91. The molecular formula is C28H31F6N3O2. The number of halogens is 6. The van der Waals surface area contributed by atoms with Gasteiger partial charge in [0.25, 0.3) is 5.91 Å². The number of hydrogen-bond acceptors (Lipinski definition) is 3. The van der Waals surface area contributed by atoms with E-state index in [0.717, 1.165) is 24.8 Å². The molecule has 0 bridgehead atoms. The van der Waals surface area contributed by atoms with Crippen LogP contribution < -0.4 is 5.32 Å². The van der Waals surface area contributed by atoms with E-state index < -0.39 is 41.0 Å². The number of nitrogens with one attached hydrogen (secondary N) is 1. The van der Waals surface area contributed by atoms with E-state index in [0.29, 0.717) is 44.5 Å². The molecule has 212 valence electrons. The highest BCUT2D eigenvalue weighted by Gasteiger charge is 2.40. The summed E-state index contributed by atoms with van der Waals surface area (Å²) < 4.78 is 80.8. The van der Waals surface area contributed by atoms with Crippen LogP contribution in [0.3, 0.4) is 0 Å². The van der Waals surface area contributed by atoms with Crippen molar-refractivity contribution >= 4 is 11.8 Å². The summed E-state index contributed by atoms with van der Waals surface area (Å²) in [6.07, 6.45) is -5.76. The van der Waals surface area contributed by atoms with Gasteiger partial charge in [-0.2, -0.15) is 26.3 Å². The number of piperidine rings is 2. The van der Waals surface area contributed by atoms with E-state index in [4.69, 9.17) is 0 Å². The third-order valence-corrected chi connectivity index (χ3v) is 7.39. The Balaban J connectivity index is 1.62. The molecule has 2 aromatic rings. The summed E-state index contributed by atoms with van der Waals surface area (Å²) in [4.78, 5) is 29.5. The first-order valence-corrected chi connectivity index (χ1v) is 13.1. The Morgan fingerprint density at radius 2 is 1.44 bits per heavy atom. The lowest BCUT2D eigenvalue weighted by Crippen LogP contribution is -2.58. The molecule has 2 aliphatic rings. The van der Waals surface area contributed by atoms with Crippen molar-refractivity contribution in [3.05, 3.63) is 70.8 Å². The SMILES string of the molecule is O=C(CNC1CCCN(C(=O)c2cc(C(F)(F)F)cc(C(F)(F)F)c2)C1Cc1ccccc1)N1CCCCC1. The van der Waals surface area contributed by atoms with Crippen LogP contribution in [-0.4, -0.2) is 59.9 Å². The van der Waals surface area contributed by atoms with E-state index in [9.17, 15) is 35.9 Å². The fourth-order valence-electron chi connectivity index (χ4n) is 5.37. The van der Waals surface area contributed by atoms with Crippen LogP contribution in [0, 0.1) is 0 Å². The predicted molar refractivity (Wildman–Crippen MR) is 133 cm³/mol. The highest BCUT2D eigenvalue weighted by molar-refractivity contribution is 5.95. The maximum Gasteiger partial charge on any atom is 0.416 e. The van der Waals surface area contributed by atoms with Crippen LogP contribution in [0.4, 0.5) is 26.3 Å². The zero-order valence-electron chi connectivity index (χ0n) is 21.3. The van der Waals surface area contributed by atoms with Gasteiger partial charge in [-0.3, -0.25) is 9.59 Å². The molecular weight excluding hydrogens is 524 g/mol. The lowest BCUT2D eigenvalue weighted by Gasteiger charge is -2.42. The number of carbonyl (C=O) groups is 2. The number of benzene rings is 2. The lowest BCUT2D eigenvalue weighted by molar-refractivity contribution is -0.143. The Morgan fingerprint density at radius 1 is 0.821 bits per heavy atom. The van der Waals surface area contributed by atoms with Gasteiger partial charge in [-0.15, -0.1) is 0 Å². The van der Waals surface area contributed by atoms with Gasteiger partial charge in [-0.1, -0.05) is 30.3 Å².